The van der Waals surface area contributed by atoms with E-state index in [1.807, 2.05) is 0 Å². The molecule has 0 amide bonds. The summed E-state index contributed by atoms with van der Waals surface area (Å²) in [5.41, 5.74) is 5.28. The van der Waals surface area contributed by atoms with E-state index < -0.39 is 23.9 Å². The van der Waals surface area contributed by atoms with Gasteiger partial charge >= 0.3 is 5.97 Å². The molecule has 78 valence electrons. The fraction of sp³-hybridized carbons (Fsp3) is 0.857. The lowest BCUT2D eigenvalue weighted by molar-refractivity contribution is -0.142. The van der Waals surface area contributed by atoms with Gasteiger partial charge in [0.15, 0.2) is 0 Å². The summed E-state index contributed by atoms with van der Waals surface area (Å²) in [6, 6.07) is -0.909. The highest BCUT2D eigenvalue weighted by molar-refractivity contribution is 5.85. The van der Waals surface area contributed by atoms with Gasteiger partial charge in [-0.1, -0.05) is 0 Å². The van der Waals surface area contributed by atoms with Crippen LogP contribution in [0, 0.1) is 5.92 Å². The normalized spacial score (nSPS) is 25.7. The molecule has 13 heavy (non-hydrogen) atoms. The van der Waals surface area contributed by atoms with Gasteiger partial charge in [-0.2, -0.15) is 0 Å². The molecule has 1 aliphatic carbocycles. The molecule has 0 aromatic rings. The van der Waals surface area contributed by atoms with E-state index in [1.165, 1.54) is 7.11 Å². The molecule has 0 saturated heterocycles. The number of methoxy groups -OCH3 is 1. The van der Waals surface area contributed by atoms with Gasteiger partial charge in [0.25, 0.3) is 5.92 Å². The smallest absolute Gasteiger partial charge is 0.322 e. The molecule has 0 heterocycles. The summed E-state index contributed by atoms with van der Waals surface area (Å²) in [5, 5.41) is 0. The van der Waals surface area contributed by atoms with Gasteiger partial charge in [-0.3, -0.25) is 4.79 Å². The van der Waals surface area contributed by atoms with Crippen LogP contribution in [-0.2, 0) is 9.53 Å². The van der Waals surface area contributed by atoms with Crippen molar-refractivity contribution in [1.82, 2.24) is 0 Å². The molecule has 0 radical (unpaired) electrons. The van der Waals surface area contributed by atoms with Gasteiger partial charge in [0.1, 0.15) is 6.04 Å². The number of esters is 1. The van der Waals surface area contributed by atoms with E-state index in [4.69, 9.17) is 5.73 Å². The standard InChI is InChI=1S/C7H11F2NO2.ClH/c1-12-6(11)5(10)2-4-3-7(4,8)9;/h4-5H,2-3,10H2,1H3;1H/t4?,5-;/m1./s1. The van der Waals surface area contributed by atoms with Crippen LogP contribution < -0.4 is 5.73 Å². The van der Waals surface area contributed by atoms with Crippen molar-refractivity contribution in [3.05, 3.63) is 0 Å². The van der Waals surface area contributed by atoms with Crippen molar-refractivity contribution in [2.75, 3.05) is 7.11 Å². The van der Waals surface area contributed by atoms with Crippen LogP contribution >= 0.6 is 12.4 Å². The first-order valence-electron chi connectivity index (χ1n) is 3.68. The van der Waals surface area contributed by atoms with Crippen molar-refractivity contribution in [3.63, 3.8) is 0 Å². The molecular formula is C7H12ClF2NO2. The quantitative estimate of drug-likeness (QED) is 0.714. The Balaban J connectivity index is 0.00000144. The predicted molar refractivity (Wildman–Crippen MR) is 44.9 cm³/mol. The molecule has 6 heteroatoms. The zero-order chi connectivity index (χ0) is 9.35. The second-order valence-electron chi connectivity index (χ2n) is 3.03. The molecule has 2 atom stereocenters. The van der Waals surface area contributed by atoms with Gasteiger partial charge < -0.3 is 10.5 Å². The Hall–Kier alpha value is -0.420. The van der Waals surface area contributed by atoms with Crippen LogP contribution in [0.5, 0.6) is 0 Å². The largest absolute Gasteiger partial charge is 0.468 e. The van der Waals surface area contributed by atoms with Gasteiger partial charge in [0, 0.05) is 12.3 Å². The minimum absolute atomic E-state index is 0. The van der Waals surface area contributed by atoms with Crippen LogP contribution in [-0.4, -0.2) is 25.0 Å². The third-order valence-electron chi connectivity index (χ3n) is 2.00. The van der Waals surface area contributed by atoms with Crippen LogP contribution in [0.25, 0.3) is 0 Å². The highest BCUT2D eigenvalue weighted by Gasteiger charge is 2.57. The molecular weight excluding hydrogens is 204 g/mol. The fourth-order valence-electron chi connectivity index (χ4n) is 1.08. The molecule has 0 spiro atoms. The Morgan fingerprint density at radius 1 is 1.77 bits per heavy atom. The summed E-state index contributed by atoms with van der Waals surface area (Å²) >= 11 is 0. The number of carbonyl (C=O) groups is 1. The van der Waals surface area contributed by atoms with Crippen LogP contribution in [0.3, 0.4) is 0 Å². The van der Waals surface area contributed by atoms with Gasteiger partial charge in [-0.25, -0.2) is 8.78 Å². The zero-order valence-corrected chi connectivity index (χ0v) is 7.94. The highest BCUT2D eigenvalue weighted by atomic mass is 35.5. The average Bonchev–Trinajstić information content (AvgIpc) is 2.57. The molecule has 3 nitrogen and oxygen atoms in total. The van der Waals surface area contributed by atoms with Gasteiger partial charge in [-0.15, -0.1) is 12.4 Å². The number of ether oxygens (including phenoxy) is 1. The Morgan fingerprint density at radius 3 is 2.54 bits per heavy atom. The first-order valence-corrected chi connectivity index (χ1v) is 3.68. The highest BCUT2D eigenvalue weighted by Crippen LogP contribution is 2.50. The lowest BCUT2D eigenvalue weighted by Crippen LogP contribution is -2.32. The predicted octanol–water partition coefficient (Wildman–Crippen LogP) is 0.954. The topological polar surface area (TPSA) is 52.3 Å². The third kappa shape index (κ3) is 3.08. The Labute approximate surface area is 81.0 Å². The molecule has 0 aromatic carbocycles. The molecule has 0 bridgehead atoms. The van der Waals surface area contributed by atoms with Crippen LogP contribution in [0.4, 0.5) is 8.78 Å². The van der Waals surface area contributed by atoms with E-state index in [9.17, 15) is 13.6 Å². The van der Waals surface area contributed by atoms with Gasteiger partial charge in [-0.05, 0) is 6.42 Å². The first kappa shape index (κ1) is 12.6. The van der Waals surface area contributed by atoms with E-state index in [0.717, 1.165) is 0 Å². The summed E-state index contributed by atoms with van der Waals surface area (Å²) in [6.07, 6.45) is -0.142. The summed E-state index contributed by atoms with van der Waals surface area (Å²) in [6.45, 7) is 0. The van der Waals surface area contributed by atoms with Crippen LogP contribution in [0.2, 0.25) is 0 Å². The summed E-state index contributed by atoms with van der Waals surface area (Å²) in [5.74, 6) is -3.96. The maximum atomic E-state index is 12.3. The maximum absolute atomic E-state index is 12.3. The summed E-state index contributed by atoms with van der Waals surface area (Å²) in [7, 11) is 1.19. The second-order valence-corrected chi connectivity index (χ2v) is 3.03. The molecule has 1 aliphatic rings. The average molecular weight is 216 g/mol. The second kappa shape index (κ2) is 4.19. The molecule has 1 rings (SSSR count). The Morgan fingerprint density at radius 2 is 2.23 bits per heavy atom. The molecule has 1 saturated carbocycles. The molecule has 1 unspecified atom stereocenters. The van der Waals surface area contributed by atoms with Gasteiger partial charge in [0.2, 0.25) is 0 Å². The van der Waals surface area contributed by atoms with Crippen molar-refractivity contribution >= 4 is 18.4 Å². The van der Waals surface area contributed by atoms with E-state index >= 15 is 0 Å². The monoisotopic (exact) mass is 215 g/mol. The number of carbonyl (C=O) groups excluding carboxylic acids is 1. The van der Waals surface area contributed by atoms with Crippen molar-refractivity contribution in [1.29, 1.82) is 0 Å². The SMILES string of the molecule is COC(=O)[C@H](N)CC1CC1(F)F.Cl. The zero-order valence-electron chi connectivity index (χ0n) is 7.13. The number of alkyl halides is 2. The van der Waals surface area contributed by atoms with Crippen molar-refractivity contribution < 1.29 is 18.3 Å². The van der Waals surface area contributed by atoms with E-state index in [2.05, 4.69) is 4.74 Å². The van der Waals surface area contributed by atoms with Crippen molar-refractivity contribution in [3.8, 4) is 0 Å². The van der Waals surface area contributed by atoms with Crippen LogP contribution in [0.15, 0.2) is 0 Å². The lowest BCUT2D eigenvalue weighted by atomic mass is 10.1. The van der Waals surface area contributed by atoms with E-state index in [0.29, 0.717) is 0 Å². The Kier molecular flexibility index (Phi) is 4.06. The van der Waals surface area contributed by atoms with E-state index in [-0.39, 0.29) is 25.2 Å². The molecule has 1 fully saturated rings. The van der Waals surface area contributed by atoms with E-state index in [1.54, 1.807) is 0 Å². The first-order chi connectivity index (χ1) is 5.47. The van der Waals surface area contributed by atoms with Crippen molar-refractivity contribution in [2.24, 2.45) is 11.7 Å². The summed E-state index contributed by atoms with van der Waals surface area (Å²) in [4.78, 5) is 10.7. The molecule has 0 aromatic heterocycles. The number of hydrogen-bond acceptors (Lipinski definition) is 3. The molecule has 0 aliphatic heterocycles. The Bertz CT molecular complexity index is 201. The molecule has 2 N–H and O–H groups in total. The number of rotatable bonds is 3. The van der Waals surface area contributed by atoms with Crippen LogP contribution in [0.1, 0.15) is 12.8 Å². The minimum atomic E-state index is -2.61. The van der Waals surface area contributed by atoms with Crippen molar-refractivity contribution in [2.45, 2.75) is 24.8 Å². The third-order valence-corrected chi connectivity index (χ3v) is 2.00. The maximum Gasteiger partial charge on any atom is 0.322 e. The van der Waals surface area contributed by atoms with Gasteiger partial charge in [0.05, 0.1) is 7.11 Å². The summed E-state index contributed by atoms with van der Waals surface area (Å²) < 4.78 is 28.9. The fourth-order valence-corrected chi connectivity index (χ4v) is 1.08. The number of halogens is 3. The minimum Gasteiger partial charge on any atom is -0.468 e. The number of hydrogen-bond donors (Lipinski definition) is 1. The number of nitrogens with two attached hydrogens (primary N) is 1. The lowest BCUT2D eigenvalue weighted by Gasteiger charge is -2.07.